The first-order valence-electron chi connectivity index (χ1n) is 8.40. The molecule has 4 aromatic rings. The third-order valence-corrected chi connectivity index (χ3v) is 5.02. The van der Waals surface area contributed by atoms with Crippen molar-refractivity contribution >= 4 is 5.65 Å². The van der Waals surface area contributed by atoms with Crippen LogP contribution in [0.1, 0.15) is 25.6 Å². The van der Waals surface area contributed by atoms with Gasteiger partial charge >= 0.3 is 0 Å². The molecule has 3 aromatic heterocycles. The molecule has 136 valence electrons. The van der Waals surface area contributed by atoms with Crippen molar-refractivity contribution in [3.63, 3.8) is 0 Å². The largest absolute Gasteiger partial charge is 0.443 e. The predicted molar refractivity (Wildman–Crippen MR) is 90.4 cm³/mol. The monoisotopic (exact) mass is 370 g/mol. The van der Waals surface area contributed by atoms with Gasteiger partial charge in [-0.1, -0.05) is 6.92 Å². The Morgan fingerprint density at radius 1 is 1.11 bits per heavy atom. The van der Waals surface area contributed by atoms with Crippen LogP contribution in [0.25, 0.3) is 28.2 Å². The maximum Gasteiger partial charge on any atom is 0.182 e. The van der Waals surface area contributed by atoms with E-state index in [1.54, 1.807) is 18.3 Å². The number of hydrogen-bond acceptors (Lipinski definition) is 4. The zero-order valence-corrected chi connectivity index (χ0v) is 14.2. The molecule has 1 fully saturated rings. The van der Waals surface area contributed by atoms with Gasteiger partial charge in [-0.05, 0) is 31.0 Å². The molecular weight excluding hydrogens is 357 g/mol. The lowest BCUT2D eigenvalue weighted by molar-refractivity contribution is 0.497. The standard InChI is InChI=1S/C19H13F3N4O/c1-19(4-5-19)18-25-24-14-3-2-10(8-26(14)18)17-16(23-9-27-17)12-6-11(20)7-13(21)15(12)22/h2-3,6-9H,4-5H2,1H3. The van der Waals surface area contributed by atoms with Crippen molar-refractivity contribution in [3.8, 4) is 22.6 Å². The fraction of sp³-hybridized carbons (Fsp3) is 0.211. The SMILES string of the molecule is CC1(c2nnc3ccc(-c4ocnc4-c4cc(F)cc(F)c4F)cn23)CC1. The highest BCUT2D eigenvalue weighted by Gasteiger charge is 2.43. The summed E-state index contributed by atoms with van der Waals surface area (Å²) in [7, 11) is 0. The van der Waals surface area contributed by atoms with Crippen molar-refractivity contribution in [2.24, 2.45) is 0 Å². The predicted octanol–water partition coefficient (Wildman–Crippen LogP) is 4.52. The second-order valence-corrected chi connectivity index (χ2v) is 7.01. The summed E-state index contributed by atoms with van der Waals surface area (Å²) in [6.45, 7) is 2.11. The van der Waals surface area contributed by atoms with Gasteiger partial charge in [-0.15, -0.1) is 10.2 Å². The van der Waals surface area contributed by atoms with Gasteiger partial charge in [0, 0.05) is 28.8 Å². The second kappa shape index (κ2) is 5.42. The third-order valence-electron chi connectivity index (χ3n) is 5.02. The van der Waals surface area contributed by atoms with Crippen molar-refractivity contribution in [2.45, 2.75) is 25.2 Å². The molecule has 0 saturated heterocycles. The quantitative estimate of drug-likeness (QED) is 0.498. The topological polar surface area (TPSA) is 56.2 Å². The number of hydrogen-bond donors (Lipinski definition) is 0. The molecule has 1 aliphatic carbocycles. The number of rotatable bonds is 3. The molecule has 1 saturated carbocycles. The van der Waals surface area contributed by atoms with Crippen molar-refractivity contribution in [1.82, 2.24) is 19.6 Å². The first-order chi connectivity index (χ1) is 13.0. The van der Waals surface area contributed by atoms with Crippen molar-refractivity contribution in [3.05, 3.63) is 60.1 Å². The van der Waals surface area contributed by atoms with Gasteiger partial charge in [-0.3, -0.25) is 4.40 Å². The molecule has 0 N–H and O–H groups in total. The van der Waals surface area contributed by atoms with Crippen LogP contribution in [0.4, 0.5) is 13.2 Å². The Hall–Kier alpha value is -3.16. The number of oxazole rings is 1. The van der Waals surface area contributed by atoms with Crippen molar-refractivity contribution in [1.29, 1.82) is 0 Å². The fourth-order valence-corrected chi connectivity index (χ4v) is 3.22. The van der Waals surface area contributed by atoms with E-state index in [1.165, 1.54) is 0 Å². The normalized spacial score (nSPS) is 15.4. The van der Waals surface area contributed by atoms with Crippen LogP contribution in [-0.2, 0) is 5.41 Å². The van der Waals surface area contributed by atoms with Crippen LogP contribution < -0.4 is 0 Å². The molecule has 0 bridgehead atoms. The molecule has 3 heterocycles. The smallest absolute Gasteiger partial charge is 0.182 e. The Morgan fingerprint density at radius 2 is 1.93 bits per heavy atom. The molecular formula is C19H13F3N4O. The first-order valence-corrected chi connectivity index (χ1v) is 8.40. The van der Waals surface area contributed by atoms with E-state index in [9.17, 15) is 13.2 Å². The summed E-state index contributed by atoms with van der Waals surface area (Å²) in [5.74, 6) is -2.30. The Kier molecular flexibility index (Phi) is 3.22. The molecule has 0 unspecified atom stereocenters. The maximum absolute atomic E-state index is 14.2. The van der Waals surface area contributed by atoms with E-state index in [0.717, 1.165) is 31.1 Å². The van der Waals surface area contributed by atoms with E-state index < -0.39 is 17.5 Å². The minimum absolute atomic E-state index is 0.0138. The summed E-state index contributed by atoms with van der Waals surface area (Å²) < 4.78 is 48.7. The molecule has 1 aliphatic rings. The summed E-state index contributed by atoms with van der Waals surface area (Å²) in [5, 5.41) is 8.45. The minimum Gasteiger partial charge on any atom is -0.443 e. The Balaban J connectivity index is 1.68. The fourth-order valence-electron chi connectivity index (χ4n) is 3.22. The summed E-state index contributed by atoms with van der Waals surface area (Å²) in [6, 6.07) is 4.87. The highest BCUT2D eigenvalue weighted by atomic mass is 19.2. The van der Waals surface area contributed by atoms with Gasteiger partial charge in [0.05, 0.1) is 0 Å². The molecule has 0 aliphatic heterocycles. The number of nitrogens with zero attached hydrogens (tertiary/aromatic N) is 4. The van der Waals surface area contributed by atoms with Crippen molar-refractivity contribution in [2.75, 3.05) is 0 Å². The first kappa shape index (κ1) is 16.0. The lowest BCUT2D eigenvalue weighted by atomic mass is 10.1. The number of aromatic nitrogens is 4. The molecule has 0 atom stereocenters. The van der Waals surface area contributed by atoms with Gasteiger partial charge < -0.3 is 4.42 Å². The van der Waals surface area contributed by atoms with Crippen LogP contribution in [0, 0.1) is 17.5 Å². The van der Waals surface area contributed by atoms with Crippen LogP contribution in [0.3, 0.4) is 0 Å². The summed E-state index contributed by atoms with van der Waals surface area (Å²) in [6.07, 6.45) is 4.94. The van der Waals surface area contributed by atoms with E-state index in [2.05, 4.69) is 22.1 Å². The minimum atomic E-state index is -1.28. The number of halogens is 3. The molecule has 5 rings (SSSR count). The molecule has 0 radical (unpaired) electrons. The molecule has 0 spiro atoms. The van der Waals surface area contributed by atoms with Crippen LogP contribution in [0.5, 0.6) is 0 Å². The van der Waals surface area contributed by atoms with Crippen molar-refractivity contribution < 1.29 is 17.6 Å². The zero-order chi connectivity index (χ0) is 18.8. The van der Waals surface area contributed by atoms with E-state index in [0.29, 0.717) is 17.3 Å². The van der Waals surface area contributed by atoms with Gasteiger partial charge in [0.2, 0.25) is 0 Å². The Labute approximate surface area is 151 Å². The van der Waals surface area contributed by atoms with Gasteiger partial charge in [0.1, 0.15) is 17.3 Å². The van der Waals surface area contributed by atoms with E-state index >= 15 is 0 Å². The molecule has 8 heteroatoms. The number of benzene rings is 1. The Morgan fingerprint density at radius 3 is 2.70 bits per heavy atom. The van der Waals surface area contributed by atoms with Gasteiger partial charge in [0.15, 0.2) is 29.4 Å². The van der Waals surface area contributed by atoms with E-state index in [4.69, 9.17) is 4.42 Å². The van der Waals surface area contributed by atoms with Crippen LogP contribution in [0.2, 0.25) is 0 Å². The lowest BCUT2D eigenvalue weighted by Crippen LogP contribution is -2.06. The second-order valence-electron chi connectivity index (χ2n) is 7.01. The molecule has 0 amide bonds. The highest BCUT2D eigenvalue weighted by molar-refractivity contribution is 5.77. The average molecular weight is 370 g/mol. The molecule has 5 nitrogen and oxygen atoms in total. The molecule has 1 aromatic carbocycles. The maximum atomic E-state index is 14.2. The van der Waals surface area contributed by atoms with Gasteiger partial charge in [-0.25, -0.2) is 18.2 Å². The zero-order valence-electron chi connectivity index (χ0n) is 14.2. The summed E-state index contributed by atoms with van der Waals surface area (Å²) >= 11 is 0. The average Bonchev–Trinajstić information content (AvgIpc) is 3.08. The summed E-state index contributed by atoms with van der Waals surface area (Å²) in [5.41, 5.74) is 0.961. The van der Waals surface area contributed by atoms with Gasteiger partial charge in [-0.2, -0.15) is 0 Å². The number of fused-ring (bicyclic) bond motifs is 1. The van der Waals surface area contributed by atoms with Crippen LogP contribution >= 0.6 is 0 Å². The van der Waals surface area contributed by atoms with Gasteiger partial charge in [0.25, 0.3) is 0 Å². The highest BCUT2D eigenvalue weighted by Crippen LogP contribution is 2.46. The Bertz CT molecular complexity index is 1190. The van der Waals surface area contributed by atoms with Crippen LogP contribution in [-0.4, -0.2) is 19.6 Å². The van der Waals surface area contributed by atoms with E-state index in [-0.39, 0.29) is 22.4 Å². The lowest BCUT2D eigenvalue weighted by Gasteiger charge is -2.08. The van der Waals surface area contributed by atoms with E-state index in [1.807, 2.05) is 4.40 Å². The molecule has 27 heavy (non-hydrogen) atoms. The third kappa shape index (κ3) is 2.43. The number of pyridine rings is 1. The summed E-state index contributed by atoms with van der Waals surface area (Å²) in [4.78, 5) is 3.98. The van der Waals surface area contributed by atoms with Crippen LogP contribution in [0.15, 0.2) is 41.3 Å².